The first kappa shape index (κ1) is 12.2. The van der Waals surface area contributed by atoms with Crippen LogP contribution in [0.2, 0.25) is 0 Å². The lowest BCUT2D eigenvalue weighted by Crippen LogP contribution is -1.97. The van der Waals surface area contributed by atoms with Crippen LogP contribution in [0.4, 0.5) is 0 Å². The molecule has 4 aromatic rings. The molecule has 0 aliphatic heterocycles. The molecular formula is C18H17N3. The topological polar surface area (TPSA) is 33.6 Å². The fourth-order valence-electron chi connectivity index (χ4n) is 3.13. The van der Waals surface area contributed by atoms with Crippen molar-refractivity contribution in [3.63, 3.8) is 0 Å². The van der Waals surface area contributed by atoms with Crippen molar-refractivity contribution in [1.82, 2.24) is 14.5 Å². The van der Waals surface area contributed by atoms with Crippen molar-refractivity contribution in [2.75, 3.05) is 0 Å². The fourth-order valence-corrected chi connectivity index (χ4v) is 3.13. The summed E-state index contributed by atoms with van der Waals surface area (Å²) in [6.07, 6.45) is 3.71. The summed E-state index contributed by atoms with van der Waals surface area (Å²) >= 11 is 0. The number of hydrogen-bond acceptors (Lipinski definition) is 1. The molecule has 1 atom stereocenters. The Hall–Kier alpha value is -2.55. The number of aryl methyl sites for hydroxylation is 1. The Kier molecular flexibility index (Phi) is 2.61. The SMILES string of the molecule is CC(c1ccc2c3ccccc3n(C)c2c1)c1c[nH]cn1. The molecule has 0 saturated heterocycles. The minimum Gasteiger partial charge on any atom is -0.351 e. The van der Waals surface area contributed by atoms with Crippen LogP contribution in [0.15, 0.2) is 55.0 Å². The van der Waals surface area contributed by atoms with Gasteiger partial charge in [0.15, 0.2) is 0 Å². The molecule has 2 aromatic carbocycles. The van der Waals surface area contributed by atoms with Gasteiger partial charge in [-0.15, -0.1) is 0 Å². The van der Waals surface area contributed by atoms with Crippen molar-refractivity contribution in [3.05, 3.63) is 66.2 Å². The van der Waals surface area contributed by atoms with Crippen LogP contribution in [0, 0.1) is 0 Å². The zero-order valence-electron chi connectivity index (χ0n) is 12.2. The molecule has 0 fully saturated rings. The minimum atomic E-state index is 0.290. The molecule has 3 heteroatoms. The van der Waals surface area contributed by atoms with Gasteiger partial charge in [0.1, 0.15) is 0 Å². The largest absolute Gasteiger partial charge is 0.351 e. The highest BCUT2D eigenvalue weighted by Gasteiger charge is 2.13. The van der Waals surface area contributed by atoms with Crippen molar-refractivity contribution >= 4 is 21.8 Å². The minimum absolute atomic E-state index is 0.290. The molecule has 1 N–H and O–H groups in total. The third-order valence-corrected chi connectivity index (χ3v) is 4.40. The number of para-hydroxylation sites is 1. The maximum atomic E-state index is 4.38. The van der Waals surface area contributed by atoms with Gasteiger partial charge >= 0.3 is 0 Å². The van der Waals surface area contributed by atoms with E-state index in [-0.39, 0.29) is 0 Å². The lowest BCUT2D eigenvalue weighted by Gasteiger charge is -2.09. The first-order valence-corrected chi connectivity index (χ1v) is 7.21. The summed E-state index contributed by atoms with van der Waals surface area (Å²) in [6, 6.07) is 15.3. The van der Waals surface area contributed by atoms with Crippen molar-refractivity contribution in [1.29, 1.82) is 0 Å². The normalized spacial score (nSPS) is 13.0. The summed E-state index contributed by atoms with van der Waals surface area (Å²) in [7, 11) is 2.13. The summed E-state index contributed by atoms with van der Waals surface area (Å²) in [6.45, 7) is 2.19. The average molecular weight is 275 g/mol. The van der Waals surface area contributed by atoms with Gasteiger partial charge in [-0.05, 0) is 17.7 Å². The van der Waals surface area contributed by atoms with Gasteiger partial charge in [0.05, 0.1) is 12.0 Å². The van der Waals surface area contributed by atoms with Gasteiger partial charge in [0.25, 0.3) is 0 Å². The predicted molar refractivity (Wildman–Crippen MR) is 86.5 cm³/mol. The first-order chi connectivity index (χ1) is 10.3. The van der Waals surface area contributed by atoms with Crippen LogP contribution in [0.5, 0.6) is 0 Å². The molecule has 0 spiro atoms. The summed E-state index contributed by atoms with van der Waals surface area (Å²) in [4.78, 5) is 7.41. The smallest absolute Gasteiger partial charge is 0.0923 e. The van der Waals surface area contributed by atoms with Crippen LogP contribution in [0.25, 0.3) is 21.8 Å². The molecule has 0 bridgehead atoms. The molecule has 104 valence electrons. The summed E-state index contributed by atoms with van der Waals surface area (Å²) < 4.78 is 2.27. The lowest BCUT2D eigenvalue weighted by atomic mass is 9.97. The van der Waals surface area contributed by atoms with Gasteiger partial charge in [0.2, 0.25) is 0 Å². The zero-order chi connectivity index (χ0) is 14.4. The Balaban J connectivity index is 1.94. The Labute approximate surface area is 123 Å². The maximum Gasteiger partial charge on any atom is 0.0923 e. The van der Waals surface area contributed by atoms with E-state index in [1.165, 1.54) is 27.4 Å². The molecule has 0 amide bonds. The number of H-pyrrole nitrogens is 1. The number of hydrogen-bond donors (Lipinski definition) is 1. The highest BCUT2D eigenvalue weighted by Crippen LogP contribution is 2.31. The number of aromatic nitrogens is 3. The van der Waals surface area contributed by atoms with E-state index in [1.807, 2.05) is 6.20 Å². The van der Waals surface area contributed by atoms with Gasteiger partial charge < -0.3 is 9.55 Å². The number of rotatable bonds is 2. The third kappa shape index (κ3) is 1.77. The number of fused-ring (bicyclic) bond motifs is 3. The van der Waals surface area contributed by atoms with E-state index >= 15 is 0 Å². The molecule has 2 heterocycles. The van der Waals surface area contributed by atoms with Crippen molar-refractivity contribution in [2.45, 2.75) is 12.8 Å². The van der Waals surface area contributed by atoms with E-state index < -0.39 is 0 Å². The summed E-state index contributed by atoms with van der Waals surface area (Å²) in [5.74, 6) is 0.290. The molecule has 0 aliphatic rings. The average Bonchev–Trinajstić information content (AvgIpc) is 3.15. The van der Waals surface area contributed by atoms with E-state index in [0.29, 0.717) is 5.92 Å². The molecule has 1 unspecified atom stereocenters. The van der Waals surface area contributed by atoms with Gasteiger partial charge in [-0.1, -0.05) is 37.3 Å². The molecule has 3 nitrogen and oxygen atoms in total. The first-order valence-electron chi connectivity index (χ1n) is 7.21. The lowest BCUT2D eigenvalue weighted by molar-refractivity contribution is 0.883. The Bertz CT molecular complexity index is 916. The maximum absolute atomic E-state index is 4.38. The highest BCUT2D eigenvalue weighted by atomic mass is 14.9. The molecule has 2 aromatic heterocycles. The van der Waals surface area contributed by atoms with E-state index in [0.717, 1.165) is 5.69 Å². The Morgan fingerprint density at radius 1 is 1.05 bits per heavy atom. The molecule has 0 aliphatic carbocycles. The number of nitrogens with zero attached hydrogens (tertiary/aromatic N) is 2. The number of aromatic amines is 1. The fraction of sp³-hybridized carbons (Fsp3) is 0.167. The van der Waals surface area contributed by atoms with Gasteiger partial charge in [0, 0.05) is 41.0 Å². The predicted octanol–water partition coefficient (Wildman–Crippen LogP) is 4.21. The van der Waals surface area contributed by atoms with Crippen molar-refractivity contribution in [2.24, 2.45) is 7.05 Å². The van der Waals surface area contributed by atoms with Crippen LogP contribution in [0.3, 0.4) is 0 Å². The molecule has 4 rings (SSSR count). The molecular weight excluding hydrogens is 258 g/mol. The zero-order valence-corrected chi connectivity index (χ0v) is 12.2. The molecule has 0 radical (unpaired) electrons. The summed E-state index contributed by atoms with van der Waals surface area (Å²) in [5.41, 5.74) is 4.92. The van der Waals surface area contributed by atoms with E-state index in [9.17, 15) is 0 Å². The van der Waals surface area contributed by atoms with Crippen LogP contribution >= 0.6 is 0 Å². The van der Waals surface area contributed by atoms with Crippen LogP contribution in [-0.4, -0.2) is 14.5 Å². The van der Waals surface area contributed by atoms with Gasteiger partial charge in [-0.2, -0.15) is 0 Å². The standard InChI is InChI=1S/C18H17N3/c1-12(16-10-19-11-20-16)13-7-8-15-14-5-3-4-6-17(14)21(2)18(15)9-13/h3-12H,1-2H3,(H,19,20). The highest BCUT2D eigenvalue weighted by molar-refractivity contribution is 6.08. The second kappa shape index (κ2) is 4.48. The van der Waals surface area contributed by atoms with E-state index in [1.54, 1.807) is 6.33 Å². The van der Waals surface area contributed by atoms with Crippen molar-refractivity contribution in [3.8, 4) is 0 Å². The van der Waals surface area contributed by atoms with Crippen LogP contribution in [-0.2, 0) is 7.05 Å². The van der Waals surface area contributed by atoms with E-state index in [4.69, 9.17) is 0 Å². The molecule has 21 heavy (non-hydrogen) atoms. The van der Waals surface area contributed by atoms with E-state index in [2.05, 4.69) is 71.0 Å². The molecule has 0 saturated carbocycles. The van der Waals surface area contributed by atoms with Gasteiger partial charge in [-0.3, -0.25) is 0 Å². The third-order valence-electron chi connectivity index (χ3n) is 4.40. The summed E-state index contributed by atoms with van der Waals surface area (Å²) in [5, 5.41) is 2.63. The Morgan fingerprint density at radius 3 is 2.67 bits per heavy atom. The quantitative estimate of drug-likeness (QED) is 0.584. The van der Waals surface area contributed by atoms with Crippen LogP contribution in [0.1, 0.15) is 24.1 Å². The number of imidazole rings is 1. The van der Waals surface area contributed by atoms with Crippen molar-refractivity contribution < 1.29 is 0 Å². The van der Waals surface area contributed by atoms with Crippen LogP contribution < -0.4 is 0 Å². The van der Waals surface area contributed by atoms with Gasteiger partial charge in [-0.25, -0.2) is 4.98 Å². The Morgan fingerprint density at radius 2 is 1.86 bits per heavy atom. The number of nitrogens with one attached hydrogen (secondary N) is 1. The second-order valence-corrected chi connectivity index (χ2v) is 5.57. The second-order valence-electron chi connectivity index (χ2n) is 5.57. The monoisotopic (exact) mass is 275 g/mol. The number of benzene rings is 2.